The first-order valence-electron chi connectivity index (χ1n) is 12.5. The Bertz CT molecular complexity index is 1280. The van der Waals surface area contributed by atoms with Crippen LogP contribution < -0.4 is 0 Å². The van der Waals surface area contributed by atoms with E-state index in [1.54, 1.807) is 13.8 Å². The van der Waals surface area contributed by atoms with Gasteiger partial charge in [0.25, 0.3) is 0 Å². The second-order valence-electron chi connectivity index (χ2n) is 10.5. The van der Waals surface area contributed by atoms with Crippen LogP contribution >= 0.6 is 11.8 Å². The second-order valence-corrected chi connectivity index (χ2v) is 11.7. The molecule has 1 aromatic heterocycles. The maximum Gasteiger partial charge on any atom is 0.194 e. The lowest BCUT2D eigenvalue weighted by Gasteiger charge is -2.44. The number of hydrogen-bond acceptors (Lipinski definition) is 8. The van der Waals surface area contributed by atoms with Gasteiger partial charge in [0.1, 0.15) is 35.5 Å². The Labute approximate surface area is 228 Å². The topological polar surface area (TPSA) is 121 Å². The molecule has 1 aliphatic rings. The number of benzene rings is 2. The van der Waals surface area contributed by atoms with Gasteiger partial charge in [0.2, 0.25) is 0 Å². The van der Waals surface area contributed by atoms with E-state index in [0.717, 1.165) is 39.7 Å². The molecule has 3 aromatic rings. The van der Waals surface area contributed by atoms with Gasteiger partial charge in [-0.3, -0.25) is 0 Å². The van der Waals surface area contributed by atoms with Crippen LogP contribution in [0.4, 0.5) is 13.2 Å². The maximum atomic E-state index is 13.8. The van der Waals surface area contributed by atoms with Crippen LogP contribution in [0.1, 0.15) is 56.0 Å². The van der Waals surface area contributed by atoms with Crippen molar-refractivity contribution in [2.24, 2.45) is 0 Å². The van der Waals surface area contributed by atoms with Gasteiger partial charge in [0.05, 0.1) is 23.7 Å². The van der Waals surface area contributed by atoms with Crippen molar-refractivity contribution >= 4 is 11.8 Å². The van der Waals surface area contributed by atoms with E-state index >= 15 is 0 Å². The highest BCUT2D eigenvalue weighted by Gasteiger charge is 2.48. The molecule has 1 fully saturated rings. The zero-order valence-electron chi connectivity index (χ0n) is 21.9. The Kier molecular flexibility index (Phi) is 8.74. The van der Waals surface area contributed by atoms with Crippen molar-refractivity contribution in [1.29, 1.82) is 0 Å². The van der Waals surface area contributed by atoms with Gasteiger partial charge in [0, 0.05) is 5.56 Å². The molecule has 1 aliphatic heterocycles. The van der Waals surface area contributed by atoms with E-state index in [0.29, 0.717) is 0 Å². The summed E-state index contributed by atoms with van der Waals surface area (Å²) in [4.78, 5) is 0. The van der Waals surface area contributed by atoms with Gasteiger partial charge in [-0.1, -0.05) is 43.3 Å². The van der Waals surface area contributed by atoms with Crippen molar-refractivity contribution in [3.8, 4) is 11.3 Å². The van der Waals surface area contributed by atoms with E-state index in [2.05, 4.69) is 10.3 Å². The molecular formula is C27H32F3N3O5S. The Morgan fingerprint density at radius 1 is 1.05 bits per heavy atom. The van der Waals surface area contributed by atoms with Crippen LogP contribution in [0.25, 0.3) is 11.3 Å². The number of aromatic nitrogens is 3. The van der Waals surface area contributed by atoms with Crippen LogP contribution in [0.5, 0.6) is 0 Å². The van der Waals surface area contributed by atoms with Crippen molar-refractivity contribution in [2.75, 3.05) is 6.61 Å². The number of thioether (sulfide) groups is 1. The molecule has 0 radical (unpaired) electrons. The molecule has 4 rings (SSSR count). The third kappa shape index (κ3) is 6.01. The summed E-state index contributed by atoms with van der Waals surface area (Å²) >= 11 is 1.15. The molecule has 4 N–H and O–H groups in total. The summed E-state index contributed by atoms with van der Waals surface area (Å²) in [7, 11) is 0. The van der Waals surface area contributed by atoms with E-state index in [-0.39, 0.29) is 17.2 Å². The van der Waals surface area contributed by atoms with Crippen LogP contribution in [0.2, 0.25) is 0 Å². The SMILES string of the molecule is CC(C)c1ccccc1[C@@H](S[C@@H]1O[C@H](CO)[C@H](O)[C@H](n2cc(-c3cc(F)c(F)c(F)c3)nn2)[C@H]1O)C(C)(C)O. The molecule has 212 valence electrons. The Hall–Kier alpha value is -2.48. The van der Waals surface area contributed by atoms with Crippen LogP contribution in [-0.2, 0) is 4.74 Å². The highest BCUT2D eigenvalue weighted by Crippen LogP contribution is 2.47. The summed E-state index contributed by atoms with van der Waals surface area (Å²) in [5.74, 6) is -4.27. The van der Waals surface area contributed by atoms with E-state index in [1.165, 1.54) is 6.20 Å². The number of aliphatic hydroxyl groups is 4. The van der Waals surface area contributed by atoms with Gasteiger partial charge < -0.3 is 25.2 Å². The summed E-state index contributed by atoms with van der Waals surface area (Å²) in [6.45, 7) is 6.79. The van der Waals surface area contributed by atoms with Gasteiger partial charge >= 0.3 is 0 Å². The van der Waals surface area contributed by atoms with Crippen LogP contribution in [0, 0.1) is 17.5 Å². The smallest absolute Gasteiger partial charge is 0.194 e. The normalized spacial score (nSPS) is 24.8. The van der Waals surface area contributed by atoms with E-state index in [4.69, 9.17) is 4.74 Å². The molecule has 2 heterocycles. The molecule has 1 saturated heterocycles. The Balaban J connectivity index is 1.68. The molecule has 8 nitrogen and oxygen atoms in total. The molecule has 0 bridgehead atoms. The molecule has 0 unspecified atom stereocenters. The maximum absolute atomic E-state index is 13.8. The average Bonchev–Trinajstić information content (AvgIpc) is 3.35. The number of halogens is 3. The van der Waals surface area contributed by atoms with Crippen LogP contribution in [0.3, 0.4) is 0 Å². The first kappa shape index (κ1) is 29.5. The number of nitrogens with zero attached hydrogens (tertiary/aromatic N) is 3. The molecule has 0 aliphatic carbocycles. The van der Waals surface area contributed by atoms with Crippen LogP contribution in [-0.4, -0.2) is 71.4 Å². The standard InChI is InChI=1S/C27H32F3N3O5S/c1-13(2)15-7-5-6-8-16(15)25(27(3,4)37)39-26-24(36)22(23(35)20(12-34)38-26)33-11-19(31-32-33)14-9-17(28)21(30)18(29)10-14/h5-11,13,20,22-26,34-37H,12H2,1-4H3/t20-,22+,23+,24-,25-,26+/m1/s1. The van der Waals surface area contributed by atoms with Crippen molar-refractivity contribution in [2.45, 2.75) is 74.3 Å². The van der Waals surface area contributed by atoms with Gasteiger partial charge in [-0.15, -0.1) is 16.9 Å². The van der Waals surface area contributed by atoms with Crippen LogP contribution in [0.15, 0.2) is 42.6 Å². The number of rotatable bonds is 8. The highest BCUT2D eigenvalue weighted by molar-refractivity contribution is 8.00. The lowest BCUT2D eigenvalue weighted by atomic mass is 9.89. The van der Waals surface area contributed by atoms with E-state index in [1.807, 2.05) is 38.1 Å². The number of ether oxygens (including phenoxy) is 1. The third-order valence-corrected chi connectivity index (χ3v) is 8.52. The fourth-order valence-corrected chi connectivity index (χ4v) is 6.27. The lowest BCUT2D eigenvalue weighted by Crippen LogP contribution is -2.55. The predicted molar refractivity (Wildman–Crippen MR) is 139 cm³/mol. The zero-order valence-corrected chi connectivity index (χ0v) is 22.7. The third-order valence-electron chi connectivity index (χ3n) is 6.76. The minimum Gasteiger partial charge on any atom is -0.394 e. The van der Waals surface area contributed by atoms with Gasteiger partial charge in [0.15, 0.2) is 17.5 Å². The van der Waals surface area contributed by atoms with Gasteiger partial charge in [-0.2, -0.15) is 0 Å². The first-order valence-corrected chi connectivity index (χ1v) is 13.4. The predicted octanol–water partition coefficient (Wildman–Crippen LogP) is 3.71. The lowest BCUT2D eigenvalue weighted by molar-refractivity contribution is -0.179. The molecule has 39 heavy (non-hydrogen) atoms. The molecule has 2 aromatic carbocycles. The molecular weight excluding hydrogens is 535 g/mol. The molecule has 0 saturated carbocycles. The first-order chi connectivity index (χ1) is 18.3. The molecule has 6 atom stereocenters. The number of aliphatic hydroxyl groups excluding tert-OH is 3. The summed E-state index contributed by atoms with van der Waals surface area (Å²) in [5, 5.41) is 50.6. The molecule has 0 amide bonds. The van der Waals surface area contributed by atoms with Gasteiger partial charge in [-0.25, -0.2) is 17.9 Å². The molecule has 12 heteroatoms. The average molecular weight is 568 g/mol. The van der Waals surface area contributed by atoms with E-state index in [9.17, 15) is 33.6 Å². The van der Waals surface area contributed by atoms with E-state index < -0.39 is 64.7 Å². The highest BCUT2D eigenvalue weighted by atomic mass is 32.2. The van der Waals surface area contributed by atoms with Crippen molar-refractivity contribution in [3.05, 3.63) is 71.2 Å². The van der Waals surface area contributed by atoms with Gasteiger partial charge in [-0.05, 0) is 43.0 Å². The second kappa shape index (κ2) is 11.6. The summed E-state index contributed by atoms with van der Waals surface area (Å²) in [6, 6.07) is 8.00. The summed E-state index contributed by atoms with van der Waals surface area (Å²) < 4.78 is 48.0. The fraction of sp³-hybridized carbons (Fsp3) is 0.481. The summed E-state index contributed by atoms with van der Waals surface area (Å²) in [6.07, 6.45) is -2.69. The van der Waals surface area contributed by atoms with Crippen molar-refractivity contribution in [1.82, 2.24) is 15.0 Å². The molecule has 0 spiro atoms. The fourth-order valence-electron chi connectivity index (χ4n) is 4.78. The zero-order chi connectivity index (χ0) is 28.6. The minimum atomic E-state index is -1.62. The Morgan fingerprint density at radius 3 is 2.23 bits per heavy atom. The quantitative estimate of drug-likeness (QED) is 0.304. The monoisotopic (exact) mass is 567 g/mol. The minimum absolute atomic E-state index is 0.0244. The summed E-state index contributed by atoms with van der Waals surface area (Å²) in [5.41, 5.74) is -0.532. The van der Waals surface area contributed by atoms with Crippen molar-refractivity contribution < 1.29 is 38.3 Å². The largest absolute Gasteiger partial charge is 0.394 e. The Morgan fingerprint density at radius 2 is 1.67 bits per heavy atom. The number of hydrogen-bond donors (Lipinski definition) is 4. The van der Waals surface area contributed by atoms with Crippen molar-refractivity contribution in [3.63, 3.8) is 0 Å².